The molecule has 0 fully saturated rings. The highest BCUT2D eigenvalue weighted by molar-refractivity contribution is 9.10. The van der Waals surface area contributed by atoms with Crippen LogP contribution in [0, 0.1) is 23.7 Å². The SMILES string of the molecule is C#CCc1cc(C#N)ccc1Br. The van der Waals surface area contributed by atoms with E-state index in [1.807, 2.05) is 6.07 Å². The summed E-state index contributed by atoms with van der Waals surface area (Å²) >= 11 is 3.36. The molecule has 0 saturated heterocycles. The normalized spacial score (nSPS) is 8.58. The first-order valence-electron chi connectivity index (χ1n) is 3.40. The van der Waals surface area contributed by atoms with E-state index in [1.54, 1.807) is 12.1 Å². The molecule has 1 nitrogen and oxygen atoms in total. The van der Waals surface area contributed by atoms with Gasteiger partial charge in [0.2, 0.25) is 0 Å². The summed E-state index contributed by atoms with van der Waals surface area (Å²) in [6, 6.07) is 7.45. The third-order valence-corrected chi connectivity index (χ3v) is 2.24. The Labute approximate surface area is 80.2 Å². The fourth-order valence-corrected chi connectivity index (χ4v) is 1.28. The van der Waals surface area contributed by atoms with Crippen LogP contribution >= 0.6 is 15.9 Å². The van der Waals surface area contributed by atoms with Crippen LogP contribution in [0.1, 0.15) is 11.1 Å². The molecule has 0 aliphatic rings. The van der Waals surface area contributed by atoms with Gasteiger partial charge in [-0.1, -0.05) is 15.9 Å². The first-order chi connectivity index (χ1) is 5.77. The number of rotatable bonds is 1. The molecule has 1 aromatic carbocycles. The van der Waals surface area contributed by atoms with E-state index in [9.17, 15) is 0 Å². The van der Waals surface area contributed by atoms with E-state index in [0.29, 0.717) is 12.0 Å². The lowest BCUT2D eigenvalue weighted by Gasteiger charge is -1.99. The molecule has 0 spiro atoms. The van der Waals surface area contributed by atoms with Gasteiger partial charge in [0.05, 0.1) is 11.6 Å². The van der Waals surface area contributed by atoms with Crippen LogP contribution in [0.4, 0.5) is 0 Å². The van der Waals surface area contributed by atoms with E-state index in [4.69, 9.17) is 11.7 Å². The molecule has 58 valence electrons. The Morgan fingerprint density at radius 2 is 2.25 bits per heavy atom. The van der Waals surface area contributed by atoms with Gasteiger partial charge < -0.3 is 0 Å². The van der Waals surface area contributed by atoms with E-state index in [-0.39, 0.29) is 0 Å². The van der Waals surface area contributed by atoms with Crippen LogP contribution in [0.25, 0.3) is 0 Å². The molecule has 1 rings (SSSR count). The fourth-order valence-electron chi connectivity index (χ4n) is 0.890. The highest BCUT2D eigenvalue weighted by atomic mass is 79.9. The van der Waals surface area contributed by atoms with Gasteiger partial charge >= 0.3 is 0 Å². The van der Waals surface area contributed by atoms with Crippen LogP contribution in [-0.4, -0.2) is 0 Å². The van der Waals surface area contributed by atoms with E-state index >= 15 is 0 Å². The van der Waals surface area contributed by atoms with Gasteiger partial charge in [-0.15, -0.1) is 12.3 Å². The molecule has 0 aliphatic heterocycles. The number of halogens is 1. The van der Waals surface area contributed by atoms with Crippen molar-refractivity contribution in [1.29, 1.82) is 5.26 Å². The van der Waals surface area contributed by atoms with Crippen LogP contribution in [-0.2, 0) is 6.42 Å². The van der Waals surface area contributed by atoms with Crippen LogP contribution < -0.4 is 0 Å². The van der Waals surface area contributed by atoms with Crippen LogP contribution in [0.2, 0.25) is 0 Å². The number of hydrogen-bond donors (Lipinski definition) is 0. The summed E-state index contributed by atoms with van der Waals surface area (Å²) in [6.45, 7) is 0. The minimum Gasteiger partial charge on any atom is -0.192 e. The number of hydrogen-bond acceptors (Lipinski definition) is 1. The van der Waals surface area contributed by atoms with E-state index < -0.39 is 0 Å². The van der Waals surface area contributed by atoms with Crippen molar-refractivity contribution < 1.29 is 0 Å². The average molecular weight is 220 g/mol. The van der Waals surface area contributed by atoms with Crippen molar-refractivity contribution in [3.05, 3.63) is 33.8 Å². The Hall–Kier alpha value is -1.25. The first kappa shape index (κ1) is 8.84. The molecule has 0 heterocycles. The average Bonchev–Trinajstić information content (AvgIpc) is 2.09. The van der Waals surface area contributed by atoms with Crippen LogP contribution in [0.15, 0.2) is 22.7 Å². The Bertz CT molecular complexity index is 368. The molecule has 0 saturated carbocycles. The minimum absolute atomic E-state index is 0.552. The van der Waals surface area contributed by atoms with Gasteiger partial charge in [-0.2, -0.15) is 5.26 Å². The third kappa shape index (κ3) is 1.87. The molecule has 0 radical (unpaired) electrons. The van der Waals surface area contributed by atoms with Gasteiger partial charge in [0.1, 0.15) is 0 Å². The van der Waals surface area contributed by atoms with E-state index in [2.05, 4.69) is 27.9 Å². The lowest BCUT2D eigenvalue weighted by molar-refractivity contribution is 1.28. The van der Waals surface area contributed by atoms with E-state index in [1.165, 1.54) is 0 Å². The summed E-state index contributed by atoms with van der Waals surface area (Å²) in [5.41, 5.74) is 1.63. The van der Waals surface area contributed by atoms with Gasteiger partial charge in [-0.25, -0.2) is 0 Å². The van der Waals surface area contributed by atoms with Gasteiger partial charge in [0.25, 0.3) is 0 Å². The maximum Gasteiger partial charge on any atom is 0.0991 e. The Morgan fingerprint density at radius 1 is 1.50 bits per heavy atom. The lowest BCUT2D eigenvalue weighted by atomic mass is 10.1. The van der Waals surface area contributed by atoms with Crippen molar-refractivity contribution in [2.45, 2.75) is 6.42 Å². The van der Waals surface area contributed by atoms with Gasteiger partial charge in [-0.3, -0.25) is 0 Å². The Kier molecular flexibility index (Phi) is 2.91. The summed E-state index contributed by atoms with van der Waals surface area (Å²) in [6.07, 6.45) is 5.72. The van der Waals surface area contributed by atoms with Crippen molar-refractivity contribution in [1.82, 2.24) is 0 Å². The second-order valence-electron chi connectivity index (χ2n) is 2.30. The van der Waals surface area contributed by atoms with Gasteiger partial charge in [-0.05, 0) is 23.8 Å². The topological polar surface area (TPSA) is 23.8 Å². The maximum atomic E-state index is 8.60. The predicted octanol–water partition coefficient (Wildman–Crippen LogP) is 2.50. The first-order valence-corrected chi connectivity index (χ1v) is 4.19. The van der Waals surface area contributed by atoms with Crippen molar-refractivity contribution in [3.8, 4) is 18.4 Å². The van der Waals surface area contributed by atoms with Crippen molar-refractivity contribution >= 4 is 15.9 Å². The lowest BCUT2D eigenvalue weighted by Crippen LogP contribution is -1.85. The second-order valence-corrected chi connectivity index (χ2v) is 3.15. The summed E-state index contributed by atoms with van der Waals surface area (Å²) in [7, 11) is 0. The molecule has 0 aliphatic carbocycles. The number of nitrogens with zero attached hydrogens (tertiary/aromatic N) is 1. The van der Waals surface area contributed by atoms with Crippen LogP contribution in [0.5, 0.6) is 0 Å². The zero-order valence-corrected chi connectivity index (χ0v) is 7.93. The summed E-state index contributed by atoms with van der Waals surface area (Å²) in [5.74, 6) is 2.54. The highest BCUT2D eigenvalue weighted by Gasteiger charge is 1.98. The maximum absolute atomic E-state index is 8.60. The van der Waals surface area contributed by atoms with E-state index in [0.717, 1.165) is 10.0 Å². The molecule has 2 heteroatoms. The molecule has 0 bridgehead atoms. The highest BCUT2D eigenvalue weighted by Crippen LogP contribution is 2.18. The third-order valence-electron chi connectivity index (χ3n) is 1.47. The molecule has 1 aromatic rings. The van der Waals surface area contributed by atoms with Gasteiger partial charge in [0, 0.05) is 10.9 Å². The smallest absolute Gasteiger partial charge is 0.0991 e. The molecule has 0 atom stereocenters. The molecule has 0 unspecified atom stereocenters. The van der Waals surface area contributed by atoms with Crippen LogP contribution in [0.3, 0.4) is 0 Å². The molecule has 12 heavy (non-hydrogen) atoms. The largest absolute Gasteiger partial charge is 0.192 e. The van der Waals surface area contributed by atoms with Gasteiger partial charge in [0.15, 0.2) is 0 Å². The fraction of sp³-hybridized carbons (Fsp3) is 0.100. The standard InChI is InChI=1S/C10H6BrN/c1-2-3-9-6-8(7-12)4-5-10(9)11/h1,4-6H,3H2. The quantitative estimate of drug-likeness (QED) is 0.667. The second kappa shape index (κ2) is 3.95. The Morgan fingerprint density at radius 3 is 2.83 bits per heavy atom. The zero-order valence-electron chi connectivity index (χ0n) is 6.34. The van der Waals surface area contributed by atoms with Crippen molar-refractivity contribution in [2.24, 2.45) is 0 Å². The summed E-state index contributed by atoms with van der Waals surface area (Å²) in [5, 5.41) is 8.60. The Balaban J connectivity index is 3.12. The molecular weight excluding hydrogens is 214 g/mol. The predicted molar refractivity (Wildman–Crippen MR) is 51.4 cm³/mol. The molecule has 0 amide bonds. The number of benzene rings is 1. The minimum atomic E-state index is 0.552. The monoisotopic (exact) mass is 219 g/mol. The molecule has 0 aromatic heterocycles. The molecule has 0 N–H and O–H groups in total. The van der Waals surface area contributed by atoms with Crippen molar-refractivity contribution in [3.63, 3.8) is 0 Å². The zero-order chi connectivity index (χ0) is 8.97. The number of nitriles is 1. The summed E-state index contributed by atoms with van der Waals surface area (Å²) in [4.78, 5) is 0. The summed E-state index contributed by atoms with van der Waals surface area (Å²) < 4.78 is 0.958. The molecular formula is C10H6BrN. The van der Waals surface area contributed by atoms with Crippen molar-refractivity contribution in [2.75, 3.05) is 0 Å². The number of terminal acetylenes is 1.